The number of amides is 1. The maximum atomic E-state index is 13.1. The first kappa shape index (κ1) is 18.0. The highest BCUT2D eigenvalue weighted by atomic mass is 32.1. The Morgan fingerprint density at radius 1 is 1.14 bits per heavy atom. The molecule has 5 rings (SSSR count). The second kappa shape index (κ2) is 7.40. The highest BCUT2D eigenvalue weighted by Crippen LogP contribution is 2.34. The number of fused-ring (bicyclic) bond motifs is 1. The molecule has 1 aliphatic heterocycles. The molecule has 1 amide bonds. The van der Waals surface area contributed by atoms with Crippen LogP contribution in [0.5, 0.6) is 0 Å². The number of carbonyl (C=O) groups excluding carboxylic acids is 1. The molecule has 146 valence electrons. The molecule has 0 aliphatic carbocycles. The van der Waals surface area contributed by atoms with Crippen LogP contribution in [0.15, 0.2) is 48.9 Å². The van der Waals surface area contributed by atoms with E-state index in [2.05, 4.69) is 32.2 Å². The maximum absolute atomic E-state index is 13.1. The van der Waals surface area contributed by atoms with Crippen molar-refractivity contribution in [3.8, 4) is 10.7 Å². The molecule has 1 saturated heterocycles. The van der Waals surface area contributed by atoms with Crippen molar-refractivity contribution in [1.82, 2.24) is 24.8 Å². The third-order valence-corrected chi connectivity index (χ3v) is 6.75. The number of rotatable bonds is 3. The predicted molar refractivity (Wildman–Crippen MR) is 114 cm³/mol. The number of carbonyl (C=O) groups is 1. The fourth-order valence-electron chi connectivity index (χ4n) is 4.05. The molecule has 1 N–H and O–H groups in total. The van der Waals surface area contributed by atoms with Crippen molar-refractivity contribution >= 4 is 28.3 Å². The average Bonchev–Trinajstić information content (AvgIpc) is 3.38. The molecule has 7 heteroatoms. The summed E-state index contributed by atoms with van der Waals surface area (Å²) in [5.74, 6) is 0.532. The predicted octanol–water partition coefficient (Wildman–Crippen LogP) is 4.41. The smallest absolute Gasteiger partial charge is 0.265 e. The van der Waals surface area contributed by atoms with Gasteiger partial charge in [0.2, 0.25) is 0 Å². The van der Waals surface area contributed by atoms with Crippen LogP contribution in [-0.2, 0) is 0 Å². The summed E-state index contributed by atoms with van der Waals surface area (Å²) in [4.78, 5) is 32.4. The van der Waals surface area contributed by atoms with Gasteiger partial charge in [-0.2, -0.15) is 0 Å². The minimum absolute atomic E-state index is 0.0845. The summed E-state index contributed by atoms with van der Waals surface area (Å²) in [7, 11) is 0. The van der Waals surface area contributed by atoms with Gasteiger partial charge < -0.3 is 9.88 Å². The molecule has 0 radical (unpaired) electrons. The Labute approximate surface area is 172 Å². The minimum atomic E-state index is 0.0845. The van der Waals surface area contributed by atoms with Crippen molar-refractivity contribution in [3.05, 3.63) is 65.1 Å². The summed E-state index contributed by atoms with van der Waals surface area (Å²) in [6.07, 6.45) is 7.54. The van der Waals surface area contributed by atoms with Gasteiger partial charge in [0.1, 0.15) is 15.5 Å². The number of pyridine rings is 2. The van der Waals surface area contributed by atoms with Crippen molar-refractivity contribution in [1.29, 1.82) is 0 Å². The molecule has 0 spiro atoms. The summed E-state index contributed by atoms with van der Waals surface area (Å²) in [6.45, 7) is 3.42. The Kier molecular flexibility index (Phi) is 4.60. The number of nitrogens with zero attached hydrogens (tertiary/aromatic N) is 4. The van der Waals surface area contributed by atoms with E-state index in [-0.39, 0.29) is 5.91 Å². The van der Waals surface area contributed by atoms with Crippen LogP contribution < -0.4 is 0 Å². The van der Waals surface area contributed by atoms with Crippen molar-refractivity contribution in [2.24, 2.45) is 0 Å². The average molecular weight is 404 g/mol. The number of hydrogen-bond donors (Lipinski definition) is 1. The van der Waals surface area contributed by atoms with Crippen molar-refractivity contribution < 1.29 is 4.79 Å². The minimum Gasteiger partial charge on any atom is -0.346 e. The second-order valence-electron chi connectivity index (χ2n) is 7.36. The molecule has 0 bridgehead atoms. The number of aromatic amines is 1. The number of aryl methyl sites for hydroxylation is 1. The van der Waals surface area contributed by atoms with Crippen molar-refractivity contribution in [2.75, 3.05) is 13.1 Å². The molecule has 29 heavy (non-hydrogen) atoms. The molecule has 4 aromatic rings. The van der Waals surface area contributed by atoms with E-state index in [1.54, 1.807) is 12.4 Å². The van der Waals surface area contributed by atoms with Crippen LogP contribution in [-0.4, -0.2) is 43.8 Å². The van der Waals surface area contributed by atoms with Gasteiger partial charge in [-0.05, 0) is 55.5 Å². The van der Waals surface area contributed by atoms with Gasteiger partial charge in [0.25, 0.3) is 5.91 Å². The van der Waals surface area contributed by atoms with Gasteiger partial charge in [-0.1, -0.05) is 6.07 Å². The molecule has 0 atom stereocenters. The molecule has 0 saturated carbocycles. The van der Waals surface area contributed by atoms with Crippen LogP contribution in [0.4, 0.5) is 0 Å². The summed E-state index contributed by atoms with van der Waals surface area (Å²) in [5, 5.41) is 1.99. The van der Waals surface area contributed by atoms with Crippen LogP contribution in [0.1, 0.15) is 39.7 Å². The van der Waals surface area contributed by atoms with Crippen LogP contribution in [0.3, 0.4) is 0 Å². The fourth-order valence-corrected chi connectivity index (χ4v) is 5.06. The molecule has 1 aliphatic rings. The van der Waals surface area contributed by atoms with E-state index in [1.807, 2.05) is 36.1 Å². The number of aromatic nitrogens is 4. The van der Waals surface area contributed by atoms with Crippen LogP contribution in [0.25, 0.3) is 21.7 Å². The lowest BCUT2D eigenvalue weighted by Crippen LogP contribution is -2.37. The van der Waals surface area contributed by atoms with Crippen molar-refractivity contribution in [2.45, 2.75) is 25.7 Å². The van der Waals surface area contributed by atoms with E-state index in [4.69, 9.17) is 0 Å². The molecule has 1 fully saturated rings. The van der Waals surface area contributed by atoms with Crippen LogP contribution >= 0.6 is 11.3 Å². The van der Waals surface area contributed by atoms with Gasteiger partial charge in [-0.3, -0.25) is 9.78 Å². The Morgan fingerprint density at radius 2 is 1.97 bits per heavy atom. The van der Waals surface area contributed by atoms with E-state index in [9.17, 15) is 4.79 Å². The van der Waals surface area contributed by atoms with Gasteiger partial charge in [0, 0.05) is 37.1 Å². The first-order chi connectivity index (χ1) is 14.2. The SMILES string of the molecule is Cc1nc(-c2ccccn2)sc1C(=O)N1CCC(c2c[nH]c3ncccc23)CC1. The second-order valence-corrected chi connectivity index (χ2v) is 8.36. The summed E-state index contributed by atoms with van der Waals surface area (Å²) in [6, 6.07) is 9.83. The number of likely N-dealkylation sites (tertiary alicyclic amines) is 1. The Bertz CT molecular complexity index is 1160. The molecule has 0 aromatic carbocycles. The van der Waals surface area contributed by atoms with E-state index >= 15 is 0 Å². The first-order valence-electron chi connectivity index (χ1n) is 9.81. The lowest BCUT2D eigenvalue weighted by atomic mass is 9.89. The van der Waals surface area contributed by atoms with Crippen LogP contribution in [0.2, 0.25) is 0 Å². The molecular weight excluding hydrogens is 382 g/mol. The molecular formula is C22H21N5OS. The number of nitrogens with one attached hydrogen (secondary N) is 1. The van der Waals surface area contributed by atoms with Gasteiger partial charge >= 0.3 is 0 Å². The maximum Gasteiger partial charge on any atom is 0.265 e. The highest BCUT2D eigenvalue weighted by molar-refractivity contribution is 7.17. The standard InChI is InChI=1S/C22H21N5OS/c1-14-19(29-21(26-14)18-6-2-3-9-23-18)22(28)27-11-7-15(8-12-27)17-13-25-20-16(17)5-4-10-24-20/h2-6,9-10,13,15H,7-8,11-12H2,1H3,(H,24,25). The Hall–Kier alpha value is -3.06. The van der Waals surface area contributed by atoms with E-state index in [0.29, 0.717) is 5.92 Å². The largest absolute Gasteiger partial charge is 0.346 e. The van der Waals surface area contributed by atoms with E-state index in [0.717, 1.165) is 52.9 Å². The quantitative estimate of drug-likeness (QED) is 0.550. The molecule has 4 aromatic heterocycles. The van der Waals surface area contributed by atoms with Gasteiger partial charge in [-0.25, -0.2) is 9.97 Å². The van der Waals surface area contributed by atoms with Gasteiger partial charge in [0.05, 0.1) is 11.4 Å². The normalized spacial score (nSPS) is 15.1. The topological polar surface area (TPSA) is 74.8 Å². The van der Waals surface area contributed by atoms with Gasteiger partial charge in [-0.15, -0.1) is 11.3 Å². The highest BCUT2D eigenvalue weighted by Gasteiger charge is 2.28. The van der Waals surface area contributed by atoms with E-state index < -0.39 is 0 Å². The third-order valence-electron chi connectivity index (χ3n) is 5.58. The zero-order valence-electron chi connectivity index (χ0n) is 16.1. The fraction of sp³-hybridized carbons (Fsp3) is 0.273. The van der Waals surface area contributed by atoms with Gasteiger partial charge in [0.15, 0.2) is 0 Å². The Morgan fingerprint density at radius 3 is 2.76 bits per heavy atom. The summed E-state index contributed by atoms with van der Waals surface area (Å²) < 4.78 is 0. The first-order valence-corrected chi connectivity index (χ1v) is 10.6. The van der Waals surface area contributed by atoms with Crippen molar-refractivity contribution in [3.63, 3.8) is 0 Å². The number of hydrogen-bond acceptors (Lipinski definition) is 5. The third kappa shape index (κ3) is 3.31. The number of thiazole rings is 1. The zero-order chi connectivity index (χ0) is 19.8. The summed E-state index contributed by atoms with van der Waals surface area (Å²) >= 11 is 1.44. The van der Waals surface area contributed by atoms with E-state index in [1.165, 1.54) is 22.3 Å². The van der Waals surface area contributed by atoms with Crippen LogP contribution in [0, 0.1) is 6.92 Å². The lowest BCUT2D eigenvalue weighted by molar-refractivity contribution is 0.0717. The zero-order valence-corrected chi connectivity index (χ0v) is 16.9. The number of piperidine rings is 1. The summed E-state index contributed by atoms with van der Waals surface area (Å²) in [5.41, 5.74) is 3.84. The molecule has 0 unspecified atom stereocenters. The lowest BCUT2D eigenvalue weighted by Gasteiger charge is -2.31. The Balaban J connectivity index is 1.31. The molecule has 5 heterocycles. The monoisotopic (exact) mass is 403 g/mol. The number of H-pyrrole nitrogens is 1. The molecule has 6 nitrogen and oxygen atoms in total.